The zero-order valence-corrected chi connectivity index (χ0v) is 10.6. The molecule has 0 spiro atoms. The van der Waals surface area contributed by atoms with Gasteiger partial charge in [-0.2, -0.15) is 0 Å². The maximum atomic E-state index is 4.25. The zero-order chi connectivity index (χ0) is 8.27. The third-order valence-corrected chi connectivity index (χ3v) is 2.58. The molecule has 0 amide bonds. The summed E-state index contributed by atoms with van der Waals surface area (Å²) in [7, 11) is 0. The van der Waals surface area contributed by atoms with Gasteiger partial charge in [-0.1, -0.05) is 15.9 Å². The molecule has 1 aliphatic rings. The van der Waals surface area contributed by atoms with Crippen molar-refractivity contribution in [2.45, 2.75) is 20.3 Å². The number of alkyl halides is 1. The monoisotopic (exact) mass is 296 g/mol. The van der Waals surface area contributed by atoms with Crippen molar-refractivity contribution in [2.75, 3.05) is 11.9 Å². The first-order chi connectivity index (χ1) is 5.25. The van der Waals surface area contributed by atoms with E-state index in [0.717, 1.165) is 11.9 Å². The number of hydrogen-bond donors (Lipinski definition) is 1. The minimum atomic E-state index is 0. The van der Waals surface area contributed by atoms with Crippen molar-refractivity contribution in [3.05, 3.63) is 11.4 Å². The number of allylic oxidation sites excluding steroid dienone is 2. The first kappa shape index (κ1) is 12.3. The van der Waals surface area contributed by atoms with Crippen LogP contribution in [0.25, 0.3) is 0 Å². The first-order valence-corrected chi connectivity index (χ1v) is 5.01. The van der Waals surface area contributed by atoms with Gasteiger partial charge in [0.2, 0.25) is 0 Å². The number of halogens is 2. The fourth-order valence-corrected chi connectivity index (χ4v) is 1.39. The van der Waals surface area contributed by atoms with Crippen LogP contribution in [0.5, 0.6) is 0 Å². The summed E-state index contributed by atoms with van der Waals surface area (Å²) in [4.78, 5) is 5.66. The average Bonchev–Trinajstić information content (AvgIpc) is 2.31. The summed E-state index contributed by atoms with van der Waals surface area (Å²) in [5, 5.41) is 1.08. The predicted molar refractivity (Wildman–Crippen MR) is 51.1 cm³/mol. The second-order valence-corrected chi connectivity index (χ2v) is 3.58. The fourth-order valence-electron chi connectivity index (χ4n) is 1.11. The minimum Gasteiger partial charge on any atom is -1.00 e. The van der Waals surface area contributed by atoms with Crippen LogP contribution in [0.3, 0.4) is 0 Å². The van der Waals surface area contributed by atoms with Crippen molar-refractivity contribution in [1.82, 2.24) is 0 Å². The molecule has 1 unspecified atom stereocenters. The lowest BCUT2D eigenvalue weighted by Crippen LogP contribution is -3.08. The highest BCUT2D eigenvalue weighted by atomic mass is 79.9. The van der Waals surface area contributed by atoms with E-state index in [1.165, 1.54) is 22.7 Å². The molecular formula is C8H14Br2N2. The standard InChI is InChI=1S/C8H13BrN2.BrH/c1-7-8(2)11(6-10-7)5-3-4-9;/h6H,3-5H2,1-2H3;1H. The van der Waals surface area contributed by atoms with Gasteiger partial charge >= 0.3 is 0 Å². The van der Waals surface area contributed by atoms with E-state index < -0.39 is 0 Å². The lowest BCUT2D eigenvalue weighted by molar-refractivity contribution is -0.752. The third kappa shape index (κ3) is 2.99. The molecule has 70 valence electrons. The third-order valence-electron chi connectivity index (χ3n) is 2.02. The van der Waals surface area contributed by atoms with Crippen molar-refractivity contribution < 1.29 is 21.9 Å². The Bertz CT molecular complexity index is 199. The molecule has 1 heterocycles. The predicted octanol–water partition coefficient (Wildman–Crippen LogP) is -2.05. The van der Waals surface area contributed by atoms with E-state index in [4.69, 9.17) is 0 Å². The normalized spacial score (nSPS) is 21.4. The Balaban J connectivity index is 0.00000121. The van der Waals surface area contributed by atoms with Crippen LogP contribution < -0.4 is 21.9 Å². The highest BCUT2D eigenvalue weighted by Gasteiger charge is 2.16. The lowest BCUT2D eigenvalue weighted by atomic mass is 10.3. The molecule has 0 aromatic carbocycles. The van der Waals surface area contributed by atoms with Crippen LogP contribution in [0.4, 0.5) is 0 Å². The summed E-state index contributed by atoms with van der Waals surface area (Å²) in [5.41, 5.74) is 2.54. The molecule has 4 heteroatoms. The summed E-state index contributed by atoms with van der Waals surface area (Å²) in [6.45, 7) is 5.36. The summed E-state index contributed by atoms with van der Waals surface area (Å²) in [5.74, 6) is 0. The Morgan fingerprint density at radius 2 is 2.17 bits per heavy atom. The van der Waals surface area contributed by atoms with Gasteiger partial charge in [0.05, 0.1) is 12.2 Å². The molecule has 0 aliphatic carbocycles. The topological polar surface area (TPSA) is 16.8 Å². The van der Waals surface area contributed by atoms with E-state index in [1.807, 2.05) is 6.34 Å². The summed E-state index contributed by atoms with van der Waals surface area (Å²) in [6.07, 6.45) is 3.19. The highest BCUT2D eigenvalue weighted by molar-refractivity contribution is 9.09. The van der Waals surface area contributed by atoms with Crippen molar-refractivity contribution in [1.29, 1.82) is 0 Å². The summed E-state index contributed by atoms with van der Waals surface area (Å²) >= 11 is 3.42. The molecule has 1 rings (SSSR count). The molecule has 12 heavy (non-hydrogen) atoms. The van der Waals surface area contributed by atoms with Crippen LogP contribution in [-0.2, 0) is 0 Å². The van der Waals surface area contributed by atoms with Crippen LogP contribution in [0, 0.1) is 0 Å². The molecule has 1 N–H and O–H groups in total. The van der Waals surface area contributed by atoms with E-state index in [-0.39, 0.29) is 17.0 Å². The van der Waals surface area contributed by atoms with Gasteiger partial charge in [-0.05, 0) is 6.92 Å². The number of aliphatic imine (C=N–C) groups is 1. The zero-order valence-electron chi connectivity index (χ0n) is 7.40. The maximum Gasteiger partial charge on any atom is 0.193 e. The second-order valence-electron chi connectivity index (χ2n) is 2.79. The maximum absolute atomic E-state index is 4.25. The van der Waals surface area contributed by atoms with Crippen LogP contribution in [0.1, 0.15) is 20.3 Å². The largest absolute Gasteiger partial charge is 1.00 e. The molecule has 0 aromatic heterocycles. The van der Waals surface area contributed by atoms with Gasteiger partial charge in [-0.15, -0.1) is 0 Å². The van der Waals surface area contributed by atoms with Crippen LogP contribution in [0.2, 0.25) is 0 Å². The Morgan fingerprint density at radius 1 is 1.50 bits per heavy atom. The van der Waals surface area contributed by atoms with Gasteiger partial charge in [0.15, 0.2) is 6.34 Å². The first-order valence-electron chi connectivity index (χ1n) is 3.89. The minimum absolute atomic E-state index is 0. The highest BCUT2D eigenvalue weighted by Crippen LogP contribution is 2.00. The summed E-state index contributed by atoms with van der Waals surface area (Å²) in [6, 6.07) is 0. The van der Waals surface area contributed by atoms with Gasteiger partial charge in [0, 0.05) is 18.7 Å². The number of nitrogens with one attached hydrogen (secondary N) is 1. The lowest BCUT2D eigenvalue weighted by Gasteiger charge is -2.08. The molecule has 0 bridgehead atoms. The molecule has 1 atom stereocenters. The van der Waals surface area contributed by atoms with Crippen LogP contribution in [0.15, 0.2) is 16.4 Å². The second kappa shape index (κ2) is 5.89. The molecule has 0 fully saturated rings. The van der Waals surface area contributed by atoms with Gasteiger partial charge in [0.1, 0.15) is 5.70 Å². The molecule has 2 nitrogen and oxygen atoms in total. The Morgan fingerprint density at radius 3 is 2.58 bits per heavy atom. The number of hydrogen-bond acceptors (Lipinski definition) is 1. The van der Waals surface area contributed by atoms with E-state index >= 15 is 0 Å². The van der Waals surface area contributed by atoms with Gasteiger partial charge in [-0.25, -0.2) is 4.99 Å². The molecule has 0 aromatic rings. The molecule has 0 saturated heterocycles. The average molecular weight is 298 g/mol. The Labute approximate surface area is 92.6 Å². The smallest absolute Gasteiger partial charge is 0.193 e. The van der Waals surface area contributed by atoms with Crippen molar-refractivity contribution in [3.63, 3.8) is 0 Å². The van der Waals surface area contributed by atoms with E-state index in [0.29, 0.717) is 0 Å². The fraction of sp³-hybridized carbons (Fsp3) is 0.625. The van der Waals surface area contributed by atoms with Crippen molar-refractivity contribution in [2.24, 2.45) is 4.99 Å². The SMILES string of the molecule is CC1=C(C)[NH+](CCCBr)C=N1.[Br-]. The van der Waals surface area contributed by atoms with Crippen molar-refractivity contribution >= 4 is 22.3 Å². The van der Waals surface area contributed by atoms with Gasteiger partial charge < -0.3 is 17.0 Å². The summed E-state index contributed by atoms with van der Waals surface area (Å²) < 4.78 is 0. The Hall–Kier alpha value is 0.330. The quantitative estimate of drug-likeness (QED) is 0.578. The van der Waals surface area contributed by atoms with Gasteiger partial charge in [0.25, 0.3) is 0 Å². The Kier molecular flexibility index (Phi) is 6.05. The molecule has 1 aliphatic heterocycles. The molecule has 0 saturated carbocycles. The molecular weight excluding hydrogens is 284 g/mol. The van der Waals surface area contributed by atoms with E-state index in [9.17, 15) is 0 Å². The van der Waals surface area contributed by atoms with Crippen LogP contribution >= 0.6 is 15.9 Å². The molecule has 0 radical (unpaired) electrons. The number of quaternary nitrogens is 1. The number of nitrogens with zero attached hydrogens (tertiary/aromatic N) is 1. The number of rotatable bonds is 3. The van der Waals surface area contributed by atoms with Crippen molar-refractivity contribution in [3.8, 4) is 0 Å². The van der Waals surface area contributed by atoms with Crippen LogP contribution in [-0.4, -0.2) is 18.2 Å². The van der Waals surface area contributed by atoms with E-state index in [2.05, 4.69) is 34.8 Å². The van der Waals surface area contributed by atoms with Gasteiger partial charge in [-0.3, -0.25) is 4.90 Å². The van der Waals surface area contributed by atoms with E-state index in [1.54, 1.807) is 0 Å².